The fourth-order valence-corrected chi connectivity index (χ4v) is 3.70. The van der Waals surface area contributed by atoms with Gasteiger partial charge in [0.05, 0.1) is 6.10 Å². The summed E-state index contributed by atoms with van der Waals surface area (Å²) >= 11 is 0. The van der Waals surface area contributed by atoms with Gasteiger partial charge in [-0.25, -0.2) is 0 Å². The molecule has 2 aliphatic rings. The van der Waals surface area contributed by atoms with E-state index < -0.39 is 5.79 Å². The number of aliphatic hydroxyl groups excluding tert-OH is 1. The molecule has 0 aromatic heterocycles. The second-order valence-electron chi connectivity index (χ2n) is 6.82. The Bertz CT molecular complexity index is 476. The lowest BCUT2D eigenvalue weighted by Gasteiger charge is -2.27. The molecule has 1 heterocycles. The minimum absolute atomic E-state index is 0.135. The number of benzene rings is 1. The highest BCUT2D eigenvalue weighted by molar-refractivity contribution is 5.19. The number of aliphatic hydroxyl groups is 1. The van der Waals surface area contributed by atoms with E-state index in [9.17, 15) is 0 Å². The van der Waals surface area contributed by atoms with Gasteiger partial charge >= 0.3 is 0 Å². The first-order valence-electron chi connectivity index (χ1n) is 8.36. The summed E-state index contributed by atoms with van der Waals surface area (Å²) in [6, 6.07) is 11.0. The highest BCUT2D eigenvalue weighted by atomic mass is 16.8. The maximum atomic E-state index is 9.17. The van der Waals surface area contributed by atoms with Gasteiger partial charge < -0.3 is 19.9 Å². The number of ether oxygens (including phenoxy) is 2. The fraction of sp³-hybridized carbons (Fsp3) is 0.667. The molecule has 4 heteroatoms. The fourth-order valence-electron chi connectivity index (χ4n) is 3.70. The number of hydrogen-bond acceptors (Lipinski definition) is 4. The van der Waals surface area contributed by atoms with Gasteiger partial charge in [0, 0.05) is 18.7 Å². The number of nitrogens with one attached hydrogen (secondary N) is 1. The summed E-state index contributed by atoms with van der Waals surface area (Å²) in [5, 5.41) is 12.9. The zero-order valence-corrected chi connectivity index (χ0v) is 13.5. The van der Waals surface area contributed by atoms with Gasteiger partial charge in [-0.15, -0.1) is 0 Å². The molecular weight excluding hydrogens is 278 g/mol. The maximum absolute atomic E-state index is 9.17. The SMILES string of the molecule is CC1(C)O[C@@H]2CCC(NC(CCCO)c3ccccc3)[C@@H]2O1. The standard InChI is InChI=1S/C18H27NO3/c1-18(2)21-16-11-10-15(17(16)22-18)19-14(9-6-12-20)13-7-4-3-5-8-13/h3-5,7-8,14-17,19-20H,6,9-12H2,1-2H3/t14?,15?,16-,17+/m1/s1. The molecule has 1 aliphatic heterocycles. The normalized spacial score (nSPS) is 31.1. The summed E-state index contributed by atoms with van der Waals surface area (Å²) in [6.45, 7) is 4.21. The molecule has 3 rings (SSSR count). The second kappa shape index (κ2) is 6.67. The Morgan fingerprint density at radius 1 is 1.23 bits per heavy atom. The Balaban J connectivity index is 1.68. The summed E-state index contributed by atoms with van der Waals surface area (Å²) in [4.78, 5) is 0. The van der Waals surface area contributed by atoms with Crippen LogP contribution < -0.4 is 5.32 Å². The van der Waals surface area contributed by atoms with Crippen LogP contribution in [-0.4, -0.2) is 35.8 Å². The first kappa shape index (κ1) is 15.9. The Labute approximate surface area is 132 Å². The molecule has 0 bridgehead atoms. The van der Waals surface area contributed by atoms with Gasteiger partial charge in [0.2, 0.25) is 0 Å². The van der Waals surface area contributed by atoms with Gasteiger partial charge in [-0.1, -0.05) is 30.3 Å². The molecule has 0 spiro atoms. The van der Waals surface area contributed by atoms with E-state index in [0.29, 0.717) is 6.04 Å². The zero-order valence-electron chi connectivity index (χ0n) is 13.5. The van der Waals surface area contributed by atoms with Gasteiger partial charge in [-0.05, 0) is 45.1 Å². The molecule has 2 unspecified atom stereocenters. The van der Waals surface area contributed by atoms with Gasteiger partial charge in [0.1, 0.15) is 6.10 Å². The molecule has 1 aliphatic carbocycles. The van der Waals surface area contributed by atoms with Crippen LogP contribution in [0.2, 0.25) is 0 Å². The van der Waals surface area contributed by atoms with Crippen molar-refractivity contribution in [3.63, 3.8) is 0 Å². The van der Waals surface area contributed by atoms with Crippen LogP contribution in [0.5, 0.6) is 0 Å². The predicted octanol–water partition coefficient (Wildman–Crippen LogP) is 2.77. The molecule has 4 nitrogen and oxygen atoms in total. The van der Waals surface area contributed by atoms with Crippen molar-refractivity contribution >= 4 is 0 Å². The molecule has 2 N–H and O–H groups in total. The van der Waals surface area contributed by atoms with Crippen molar-refractivity contribution in [2.45, 2.75) is 69.6 Å². The second-order valence-corrected chi connectivity index (χ2v) is 6.82. The molecule has 0 amide bonds. The van der Waals surface area contributed by atoms with Crippen LogP contribution in [0.4, 0.5) is 0 Å². The Kier molecular flexibility index (Phi) is 4.83. The minimum Gasteiger partial charge on any atom is -0.396 e. The van der Waals surface area contributed by atoms with Crippen LogP contribution in [-0.2, 0) is 9.47 Å². The van der Waals surface area contributed by atoms with E-state index in [0.717, 1.165) is 25.7 Å². The summed E-state index contributed by atoms with van der Waals surface area (Å²) in [5.74, 6) is -0.469. The predicted molar refractivity (Wildman–Crippen MR) is 85.5 cm³/mol. The van der Waals surface area contributed by atoms with Crippen molar-refractivity contribution in [1.82, 2.24) is 5.32 Å². The molecule has 2 fully saturated rings. The number of hydrogen-bond donors (Lipinski definition) is 2. The van der Waals surface area contributed by atoms with E-state index in [2.05, 4.69) is 29.6 Å². The quantitative estimate of drug-likeness (QED) is 0.848. The molecule has 1 aromatic carbocycles. The molecule has 122 valence electrons. The van der Waals surface area contributed by atoms with Crippen LogP contribution >= 0.6 is 0 Å². The van der Waals surface area contributed by atoms with E-state index in [1.807, 2.05) is 19.9 Å². The van der Waals surface area contributed by atoms with Gasteiger partial charge in [-0.3, -0.25) is 0 Å². The molecule has 4 atom stereocenters. The van der Waals surface area contributed by atoms with Crippen molar-refractivity contribution in [3.05, 3.63) is 35.9 Å². The lowest BCUT2D eigenvalue weighted by Crippen LogP contribution is -2.41. The van der Waals surface area contributed by atoms with Crippen molar-refractivity contribution in [2.24, 2.45) is 0 Å². The molecule has 1 saturated carbocycles. The maximum Gasteiger partial charge on any atom is 0.163 e. The van der Waals surface area contributed by atoms with Crippen molar-refractivity contribution in [2.75, 3.05) is 6.61 Å². The van der Waals surface area contributed by atoms with E-state index in [4.69, 9.17) is 14.6 Å². The largest absolute Gasteiger partial charge is 0.396 e. The van der Waals surface area contributed by atoms with Crippen LogP contribution in [0.25, 0.3) is 0 Å². The third-order valence-corrected chi connectivity index (χ3v) is 4.65. The number of rotatable bonds is 6. The summed E-state index contributed by atoms with van der Waals surface area (Å²) in [6.07, 6.45) is 4.20. The van der Waals surface area contributed by atoms with Crippen LogP contribution in [0.1, 0.15) is 51.1 Å². The Hall–Kier alpha value is -0.940. The average Bonchev–Trinajstić information content (AvgIpc) is 3.00. The Morgan fingerprint density at radius 3 is 2.73 bits per heavy atom. The average molecular weight is 305 g/mol. The third kappa shape index (κ3) is 3.51. The van der Waals surface area contributed by atoms with Crippen molar-refractivity contribution in [3.8, 4) is 0 Å². The van der Waals surface area contributed by atoms with Gasteiger partial charge in [0.25, 0.3) is 0 Å². The molecule has 0 radical (unpaired) electrons. The summed E-state index contributed by atoms with van der Waals surface area (Å²) in [7, 11) is 0. The molecule has 22 heavy (non-hydrogen) atoms. The van der Waals surface area contributed by atoms with E-state index in [-0.39, 0.29) is 24.9 Å². The van der Waals surface area contributed by atoms with E-state index in [1.54, 1.807) is 0 Å². The van der Waals surface area contributed by atoms with Crippen LogP contribution in [0.3, 0.4) is 0 Å². The van der Waals surface area contributed by atoms with Crippen molar-refractivity contribution in [1.29, 1.82) is 0 Å². The summed E-state index contributed by atoms with van der Waals surface area (Å²) in [5.41, 5.74) is 1.28. The van der Waals surface area contributed by atoms with Crippen molar-refractivity contribution < 1.29 is 14.6 Å². The third-order valence-electron chi connectivity index (χ3n) is 4.65. The summed E-state index contributed by atoms with van der Waals surface area (Å²) < 4.78 is 12.1. The molecule has 1 aromatic rings. The Morgan fingerprint density at radius 2 is 2.00 bits per heavy atom. The number of fused-ring (bicyclic) bond motifs is 1. The highest BCUT2D eigenvalue weighted by Crippen LogP contribution is 2.39. The lowest BCUT2D eigenvalue weighted by molar-refractivity contribution is -0.153. The van der Waals surface area contributed by atoms with Gasteiger partial charge in [-0.2, -0.15) is 0 Å². The van der Waals surface area contributed by atoms with E-state index >= 15 is 0 Å². The minimum atomic E-state index is -0.469. The monoisotopic (exact) mass is 305 g/mol. The molecule has 1 saturated heterocycles. The van der Waals surface area contributed by atoms with Crippen LogP contribution in [0, 0.1) is 0 Å². The first-order valence-corrected chi connectivity index (χ1v) is 8.36. The zero-order chi connectivity index (χ0) is 15.6. The van der Waals surface area contributed by atoms with E-state index in [1.165, 1.54) is 5.56 Å². The smallest absolute Gasteiger partial charge is 0.163 e. The lowest BCUT2D eigenvalue weighted by atomic mass is 10.0. The van der Waals surface area contributed by atoms with Gasteiger partial charge in [0.15, 0.2) is 5.79 Å². The van der Waals surface area contributed by atoms with Crippen LogP contribution in [0.15, 0.2) is 30.3 Å². The first-order chi connectivity index (χ1) is 10.6. The highest BCUT2D eigenvalue weighted by Gasteiger charge is 2.49. The topological polar surface area (TPSA) is 50.7 Å². The molecular formula is C18H27NO3.